The fourth-order valence-electron chi connectivity index (χ4n) is 4.21. The standard InChI is InChI=1S/C28H29N3O4S/c1-4-8-25(22-15-13-21(14-16-22)24-11-5-6-12-26(24)36(3,33)34)28(32)29-18-20-9-7-10-23(17-20)27-30-19(2)35-31-27/h5-7,9-17,25H,4,8,18H2,1-3H3,(H,29,32). The number of rotatable bonds is 9. The summed E-state index contributed by atoms with van der Waals surface area (Å²) in [4.78, 5) is 17.7. The van der Waals surface area contributed by atoms with Crippen LogP contribution in [0.15, 0.2) is 82.2 Å². The summed E-state index contributed by atoms with van der Waals surface area (Å²) < 4.78 is 29.5. The second kappa shape index (κ2) is 10.9. The van der Waals surface area contributed by atoms with Gasteiger partial charge in [0.2, 0.25) is 17.6 Å². The van der Waals surface area contributed by atoms with Gasteiger partial charge in [-0.2, -0.15) is 4.98 Å². The number of aryl methyl sites for hydroxylation is 1. The minimum absolute atomic E-state index is 0.0538. The van der Waals surface area contributed by atoms with Gasteiger partial charge in [-0.3, -0.25) is 4.79 Å². The molecule has 0 saturated carbocycles. The SMILES string of the molecule is CCCC(C(=O)NCc1cccc(-c2noc(C)n2)c1)c1ccc(-c2ccccc2S(C)(=O)=O)cc1. The van der Waals surface area contributed by atoms with Crippen LogP contribution in [0.2, 0.25) is 0 Å². The van der Waals surface area contributed by atoms with Crippen LogP contribution >= 0.6 is 0 Å². The topological polar surface area (TPSA) is 102 Å². The summed E-state index contributed by atoms with van der Waals surface area (Å²) >= 11 is 0. The van der Waals surface area contributed by atoms with Crippen LogP contribution in [-0.2, 0) is 21.2 Å². The molecular formula is C28H29N3O4S. The predicted octanol–water partition coefficient (Wildman–Crippen LogP) is 5.32. The third-order valence-electron chi connectivity index (χ3n) is 5.98. The zero-order valence-corrected chi connectivity index (χ0v) is 21.4. The highest BCUT2D eigenvalue weighted by molar-refractivity contribution is 7.90. The average Bonchev–Trinajstić information content (AvgIpc) is 3.32. The molecule has 0 aliphatic heterocycles. The van der Waals surface area contributed by atoms with E-state index in [0.29, 0.717) is 35.1 Å². The smallest absolute Gasteiger partial charge is 0.227 e. The monoisotopic (exact) mass is 503 g/mol. The van der Waals surface area contributed by atoms with Gasteiger partial charge in [0.15, 0.2) is 9.84 Å². The Morgan fingerprint density at radius 1 is 1.00 bits per heavy atom. The molecule has 4 rings (SSSR count). The van der Waals surface area contributed by atoms with Gasteiger partial charge in [-0.15, -0.1) is 0 Å². The summed E-state index contributed by atoms with van der Waals surface area (Å²) in [5.74, 6) is 0.651. The Kier molecular flexibility index (Phi) is 7.64. The molecule has 1 heterocycles. The molecule has 1 amide bonds. The van der Waals surface area contributed by atoms with Gasteiger partial charge in [0.05, 0.1) is 10.8 Å². The summed E-state index contributed by atoms with van der Waals surface area (Å²) in [7, 11) is -3.36. The van der Waals surface area contributed by atoms with E-state index in [1.54, 1.807) is 25.1 Å². The number of carbonyl (C=O) groups excluding carboxylic acids is 1. The van der Waals surface area contributed by atoms with E-state index in [4.69, 9.17) is 4.52 Å². The Morgan fingerprint density at radius 2 is 1.75 bits per heavy atom. The van der Waals surface area contributed by atoms with Crippen LogP contribution in [0.4, 0.5) is 0 Å². The van der Waals surface area contributed by atoms with Crippen molar-refractivity contribution in [2.24, 2.45) is 0 Å². The molecule has 0 aliphatic rings. The highest BCUT2D eigenvalue weighted by atomic mass is 32.2. The maximum Gasteiger partial charge on any atom is 0.227 e. The van der Waals surface area contributed by atoms with E-state index >= 15 is 0 Å². The van der Waals surface area contributed by atoms with E-state index in [1.165, 1.54) is 6.26 Å². The number of nitrogens with zero attached hydrogens (tertiary/aromatic N) is 2. The molecule has 0 fully saturated rings. The predicted molar refractivity (Wildman–Crippen MR) is 139 cm³/mol. The number of amides is 1. The van der Waals surface area contributed by atoms with Crippen LogP contribution in [0.5, 0.6) is 0 Å². The van der Waals surface area contributed by atoms with E-state index in [1.807, 2.05) is 61.5 Å². The van der Waals surface area contributed by atoms with Crippen LogP contribution in [-0.4, -0.2) is 30.7 Å². The molecule has 0 saturated heterocycles. The number of sulfone groups is 1. The van der Waals surface area contributed by atoms with Crippen molar-refractivity contribution in [2.75, 3.05) is 6.26 Å². The van der Waals surface area contributed by atoms with Gasteiger partial charge < -0.3 is 9.84 Å². The molecule has 1 aromatic heterocycles. The second-order valence-electron chi connectivity index (χ2n) is 8.79. The van der Waals surface area contributed by atoms with Crippen molar-refractivity contribution in [2.45, 2.75) is 44.0 Å². The van der Waals surface area contributed by atoms with Crippen LogP contribution in [0.1, 0.15) is 42.7 Å². The quantitative estimate of drug-likeness (QED) is 0.332. The molecule has 36 heavy (non-hydrogen) atoms. The zero-order valence-electron chi connectivity index (χ0n) is 20.6. The van der Waals surface area contributed by atoms with Crippen molar-refractivity contribution >= 4 is 15.7 Å². The maximum atomic E-state index is 13.2. The molecule has 7 nitrogen and oxygen atoms in total. The Balaban J connectivity index is 1.50. The number of aromatic nitrogens is 2. The molecule has 3 aromatic carbocycles. The molecule has 1 N–H and O–H groups in total. The first-order valence-electron chi connectivity index (χ1n) is 11.8. The van der Waals surface area contributed by atoms with E-state index in [9.17, 15) is 13.2 Å². The first-order chi connectivity index (χ1) is 17.3. The number of hydrogen-bond donors (Lipinski definition) is 1. The Labute approximate surface area is 211 Å². The molecule has 0 bridgehead atoms. The van der Waals surface area contributed by atoms with Crippen LogP contribution < -0.4 is 5.32 Å². The minimum atomic E-state index is -3.36. The van der Waals surface area contributed by atoms with E-state index in [-0.39, 0.29) is 11.8 Å². The van der Waals surface area contributed by atoms with Gasteiger partial charge in [-0.25, -0.2) is 8.42 Å². The number of nitrogens with one attached hydrogen (secondary N) is 1. The number of carbonyl (C=O) groups is 1. The maximum absolute atomic E-state index is 13.2. The number of hydrogen-bond acceptors (Lipinski definition) is 6. The zero-order chi connectivity index (χ0) is 25.7. The molecule has 0 radical (unpaired) electrons. The molecule has 8 heteroatoms. The third kappa shape index (κ3) is 5.88. The average molecular weight is 504 g/mol. The Bertz CT molecular complexity index is 1460. The lowest BCUT2D eigenvalue weighted by Gasteiger charge is -2.18. The Morgan fingerprint density at radius 3 is 2.42 bits per heavy atom. The molecule has 1 unspecified atom stereocenters. The Hall–Kier alpha value is -3.78. The van der Waals surface area contributed by atoms with Crippen LogP contribution in [0.3, 0.4) is 0 Å². The van der Waals surface area contributed by atoms with Crippen LogP contribution in [0.25, 0.3) is 22.5 Å². The van der Waals surface area contributed by atoms with Crippen molar-refractivity contribution in [1.82, 2.24) is 15.5 Å². The minimum Gasteiger partial charge on any atom is -0.351 e. The lowest BCUT2D eigenvalue weighted by molar-refractivity contribution is -0.122. The molecule has 4 aromatic rings. The van der Waals surface area contributed by atoms with Crippen molar-refractivity contribution in [3.05, 3.63) is 89.8 Å². The van der Waals surface area contributed by atoms with Gasteiger partial charge >= 0.3 is 0 Å². The molecule has 1 atom stereocenters. The van der Waals surface area contributed by atoms with E-state index in [0.717, 1.165) is 28.7 Å². The fraction of sp³-hybridized carbons (Fsp3) is 0.250. The largest absolute Gasteiger partial charge is 0.351 e. The van der Waals surface area contributed by atoms with Gasteiger partial charge in [-0.1, -0.05) is 79.2 Å². The van der Waals surface area contributed by atoms with Crippen molar-refractivity contribution in [1.29, 1.82) is 0 Å². The number of benzene rings is 3. The van der Waals surface area contributed by atoms with Crippen molar-refractivity contribution in [3.63, 3.8) is 0 Å². The molecule has 0 aliphatic carbocycles. The highest BCUT2D eigenvalue weighted by Crippen LogP contribution is 2.30. The van der Waals surface area contributed by atoms with Gasteiger partial charge in [0, 0.05) is 30.9 Å². The first-order valence-corrected chi connectivity index (χ1v) is 13.7. The summed E-state index contributed by atoms with van der Waals surface area (Å²) in [6.07, 6.45) is 2.76. The molecule has 0 spiro atoms. The lowest BCUT2D eigenvalue weighted by Crippen LogP contribution is -2.29. The molecular weight excluding hydrogens is 474 g/mol. The lowest BCUT2D eigenvalue weighted by atomic mass is 9.92. The van der Waals surface area contributed by atoms with E-state index < -0.39 is 9.84 Å². The summed E-state index contributed by atoms with van der Waals surface area (Å²) in [5.41, 5.74) is 4.11. The summed E-state index contributed by atoms with van der Waals surface area (Å²) in [6, 6.07) is 22.2. The van der Waals surface area contributed by atoms with Gasteiger partial charge in [0.25, 0.3) is 0 Å². The first kappa shape index (κ1) is 25.3. The molecule has 186 valence electrons. The summed E-state index contributed by atoms with van der Waals surface area (Å²) in [5, 5.41) is 7.01. The second-order valence-corrected chi connectivity index (χ2v) is 10.8. The van der Waals surface area contributed by atoms with Crippen LogP contribution in [0, 0.1) is 6.92 Å². The summed E-state index contributed by atoms with van der Waals surface area (Å²) in [6.45, 7) is 4.17. The van der Waals surface area contributed by atoms with Gasteiger partial charge in [-0.05, 0) is 35.2 Å². The highest BCUT2D eigenvalue weighted by Gasteiger charge is 2.21. The van der Waals surface area contributed by atoms with Gasteiger partial charge in [0.1, 0.15) is 0 Å². The van der Waals surface area contributed by atoms with Crippen molar-refractivity contribution in [3.8, 4) is 22.5 Å². The normalized spacial score (nSPS) is 12.3. The van der Waals surface area contributed by atoms with E-state index in [2.05, 4.69) is 15.5 Å². The fourth-order valence-corrected chi connectivity index (χ4v) is 5.12. The van der Waals surface area contributed by atoms with Crippen molar-refractivity contribution < 1.29 is 17.7 Å². The third-order valence-corrected chi connectivity index (χ3v) is 7.14.